The number of carbonyl (C=O) groups is 1. The topological polar surface area (TPSA) is 66.5 Å². The minimum absolute atomic E-state index is 0.150. The van der Waals surface area contributed by atoms with Crippen LogP contribution in [0.25, 0.3) is 0 Å². The summed E-state index contributed by atoms with van der Waals surface area (Å²) in [5, 5.41) is 1.72. The maximum Gasteiger partial charge on any atom is 0.405 e. The third-order valence-electron chi connectivity index (χ3n) is 3.47. The molecule has 9 heteroatoms. The lowest BCUT2D eigenvalue weighted by Crippen LogP contribution is -2.34. The van der Waals surface area contributed by atoms with Crippen LogP contribution < -0.4 is 9.62 Å². The molecule has 26 heavy (non-hydrogen) atoms. The highest BCUT2D eigenvalue weighted by molar-refractivity contribution is 7.92. The summed E-state index contributed by atoms with van der Waals surface area (Å²) in [7, 11) is -3.97. The lowest BCUT2D eigenvalue weighted by atomic mass is 10.2. The Bertz CT molecular complexity index is 868. The number of anilines is 1. The minimum Gasteiger partial charge on any atom is -0.343 e. The second kappa shape index (κ2) is 7.77. The third-order valence-corrected chi connectivity index (χ3v) is 5.36. The van der Waals surface area contributed by atoms with Crippen LogP contribution in [0.4, 0.5) is 18.9 Å². The number of carbonyl (C=O) groups excluding carboxylic acids is 1. The van der Waals surface area contributed by atoms with Gasteiger partial charge in [-0.15, -0.1) is 0 Å². The molecule has 0 aliphatic rings. The van der Waals surface area contributed by atoms with E-state index in [1.807, 2.05) is 0 Å². The Labute approximate surface area is 149 Å². The molecule has 0 saturated heterocycles. The number of nitrogens with zero attached hydrogens (tertiary/aromatic N) is 1. The van der Waals surface area contributed by atoms with Crippen LogP contribution in [-0.4, -0.2) is 33.6 Å². The average Bonchev–Trinajstić information content (AvgIpc) is 2.60. The predicted octanol–water partition coefficient (Wildman–Crippen LogP) is 3.19. The average molecular weight is 386 g/mol. The van der Waals surface area contributed by atoms with Crippen molar-refractivity contribution in [3.05, 3.63) is 60.2 Å². The maximum absolute atomic E-state index is 12.9. The van der Waals surface area contributed by atoms with Crippen molar-refractivity contribution >= 4 is 21.6 Å². The van der Waals surface area contributed by atoms with E-state index in [2.05, 4.69) is 0 Å². The van der Waals surface area contributed by atoms with E-state index in [1.54, 1.807) is 42.6 Å². The first-order chi connectivity index (χ1) is 12.1. The number of rotatable bonds is 6. The van der Waals surface area contributed by atoms with E-state index in [0.29, 0.717) is 5.69 Å². The molecular weight excluding hydrogens is 369 g/mol. The van der Waals surface area contributed by atoms with E-state index < -0.39 is 28.7 Å². The van der Waals surface area contributed by atoms with E-state index in [-0.39, 0.29) is 17.0 Å². The smallest absolute Gasteiger partial charge is 0.343 e. The molecule has 0 heterocycles. The largest absolute Gasteiger partial charge is 0.405 e. The summed E-state index contributed by atoms with van der Waals surface area (Å²) in [6.45, 7) is 0.315. The standard InChI is InChI=1S/C17H17F3N2O3S/c1-2-22(14-8-4-3-5-9-14)26(24,25)15-10-6-7-13(11-15)16(23)21-12-17(18,19)20/h3-11H,2,12H2,1H3,(H,21,23). The molecule has 0 aliphatic heterocycles. The van der Waals surface area contributed by atoms with E-state index in [9.17, 15) is 26.4 Å². The van der Waals surface area contributed by atoms with Crippen LogP contribution in [0.1, 0.15) is 17.3 Å². The highest BCUT2D eigenvalue weighted by Gasteiger charge is 2.28. The number of sulfonamides is 1. The van der Waals surface area contributed by atoms with Crippen molar-refractivity contribution < 1.29 is 26.4 Å². The number of nitrogens with one attached hydrogen (secondary N) is 1. The first-order valence-electron chi connectivity index (χ1n) is 7.68. The van der Waals surface area contributed by atoms with E-state index in [1.165, 1.54) is 18.2 Å². The number of alkyl halides is 3. The number of benzene rings is 2. The van der Waals surface area contributed by atoms with Crippen LogP contribution in [0.3, 0.4) is 0 Å². The van der Waals surface area contributed by atoms with Crippen molar-refractivity contribution in [2.45, 2.75) is 18.0 Å². The molecule has 0 fully saturated rings. The van der Waals surface area contributed by atoms with Crippen molar-refractivity contribution in [2.75, 3.05) is 17.4 Å². The highest BCUT2D eigenvalue weighted by Crippen LogP contribution is 2.24. The molecule has 0 unspecified atom stereocenters. The summed E-state index contributed by atoms with van der Waals surface area (Å²) in [6, 6.07) is 13.3. The van der Waals surface area contributed by atoms with Gasteiger partial charge < -0.3 is 5.32 Å². The molecule has 0 atom stereocenters. The Hall–Kier alpha value is -2.55. The fourth-order valence-corrected chi connectivity index (χ4v) is 3.81. The Morgan fingerprint density at radius 3 is 2.31 bits per heavy atom. The SMILES string of the molecule is CCN(c1ccccc1)S(=O)(=O)c1cccc(C(=O)NCC(F)(F)F)c1. The first kappa shape index (κ1) is 19.8. The molecular formula is C17H17F3N2O3S. The van der Waals surface area contributed by atoms with E-state index >= 15 is 0 Å². The molecule has 0 saturated carbocycles. The van der Waals surface area contributed by atoms with Crippen molar-refractivity contribution in [2.24, 2.45) is 0 Å². The fourth-order valence-electron chi connectivity index (χ4n) is 2.29. The Morgan fingerprint density at radius 1 is 1.08 bits per heavy atom. The summed E-state index contributed by atoms with van der Waals surface area (Å²) in [5.74, 6) is -0.998. The van der Waals surface area contributed by atoms with Gasteiger partial charge in [-0.2, -0.15) is 13.2 Å². The van der Waals surface area contributed by atoms with Crippen LogP contribution in [0.2, 0.25) is 0 Å². The minimum atomic E-state index is -4.55. The zero-order valence-electron chi connectivity index (χ0n) is 13.8. The number of halogens is 3. The molecule has 1 amide bonds. The number of hydrogen-bond acceptors (Lipinski definition) is 3. The molecule has 140 valence electrons. The summed E-state index contributed by atoms with van der Waals surface area (Å²) in [5.41, 5.74) is 0.279. The van der Waals surface area contributed by atoms with Gasteiger partial charge in [0.25, 0.3) is 15.9 Å². The van der Waals surface area contributed by atoms with Gasteiger partial charge in [-0.25, -0.2) is 8.42 Å². The molecule has 5 nitrogen and oxygen atoms in total. The van der Waals surface area contributed by atoms with Crippen LogP contribution in [0.5, 0.6) is 0 Å². The second-order valence-corrected chi connectivity index (χ2v) is 7.19. The van der Waals surface area contributed by atoms with Gasteiger partial charge in [0.05, 0.1) is 10.6 Å². The Morgan fingerprint density at radius 2 is 1.73 bits per heavy atom. The van der Waals surface area contributed by atoms with Crippen LogP contribution in [-0.2, 0) is 10.0 Å². The summed E-state index contributed by atoms with van der Waals surface area (Å²) in [4.78, 5) is 11.7. The van der Waals surface area contributed by atoms with Crippen molar-refractivity contribution in [1.29, 1.82) is 0 Å². The fraction of sp³-hybridized carbons (Fsp3) is 0.235. The number of hydrogen-bond donors (Lipinski definition) is 1. The maximum atomic E-state index is 12.9. The summed E-state index contributed by atoms with van der Waals surface area (Å²) >= 11 is 0. The second-order valence-electron chi connectivity index (χ2n) is 5.33. The molecule has 2 aromatic rings. The van der Waals surface area contributed by atoms with Crippen molar-refractivity contribution in [3.8, 4) is 0 Å². The van der Waals surface area contributed by atoms with Gasteiger partial charge in [-0.3, -0.25) is 9.10 Å². The normalized spacial score (nSPS) is 11.8. The highest BCUT2D eigenvalue weighted by atomic mass is 32.2. The molecule has 1 N–H and O–H groups in total. The lowest BCUT2D eigenvalue weighted by molar-refractivity contribution is -0.123. The predicted molar refractivity (Wildman–Crippen MR) is 91.5 cm³/mol. The zero-order valence-corrected chi connectivity index (χ0v) is 14.6. The van der Waals surface area contributed by atoms with Crippen LogP contribution >= 0.6 is 0 Å². The van der Waals surface area contributed by atoms with Crippen molar-refractivity contribution in [3.63, 3.8) is 0 Å². The Balaban J connectivity index is 2.32. The molecule has 0 radical (unpaired) electrons. The molecule has 0 aromatic heterocycles. The van der Waals surface area contributed by atoms with Gasteiger partial charge in [-0.05, 0) is 37.3 Å². The third kappa shape index (κ3) is 4.75. The summed E-state index contributed by atoms with van der Waals surface area (Å²) in [6.07, 6.45) is -4.55. The van der Waals surface area contributed by atoms with E-state index in [4.69, 9.17) is 0 Å². The van der Waals surface area contributed by atoms with Gasteiger partial charge in [0.1, 0.15) is 6.54 Å². The monoisotopic (exact) mass is 386 g/mol. The van der Waals surface area contributed by atoms with Gasteiger partial charge in [0.2, 0.25) is 0 Å². The number of amides is 1. The van der Waals surface area contributed by atoms with Gasteiger partial charge in [-0.1, -0.05) is 24.3 Å². The van der Waals surface area contributed by atoms with Gasteiger partial charge >= 0.3 is 6.18 Å². The molecule has 2 aromatic carbocycles. The zero-order chi connectivity index (χ0) is 19.4. The summed E-state index contributed by atoms with van der Waals surface area (Å²) < 4.78 is 63.6. The quantitative estimate of drug-likeness (QED) is 0.829. The molecule has 0 spiro atoms. The lowest BCUT2D eigenvalue weighted by Gasteiger charge is -2.23. The molecule has 2 rings (SSSR count). The van der Waals surface area contributed by atoms with Crippen LogP contribution in [0.15, 0.2) is 59.5 Å². The number of para-hydroxylation sites is 1. The first-order valence-corrected chi connectivity index (χ1v) is 9.12. The van der Waals surface area contributed by atoms with Gasteiger partial charge in [0.15, 0.2) is 0 Å². The molecule has 0 bridgehead atoms. The van der Waals surface area contributed by atoms with Gasteiger partial charge in [0, 0.05) is 12.1 Å². The molecule has 0 aliphatic carbocycles. The Kier molecular flexibility index (Phi) is 5.91. The van der Waals surface area contributed by atoms with Crippen molar-refractivity contribution in [1.82, 2.24) is 5.32 Å². The van der Waals surface area contributed by atoms with Crippen LogP contribution in [0, 0.1) is 0 Å². The van der Waals surface area contributed by atoms with E-state index in [0.717, 1.165) is 10.4 Å².